The Hall–Kier alpha value is -5.20. The third-order valence-corrected chi connectivity index (χ3v) is 12.8. The largest absolute Gasteiger partial charge is 0.476 e. The second-order valence-electron chi connectivity index (χ2n) is 16.0. The molecule has 10 rings (SSSR count). The fraction of sp³-hybridized carbons (Fsp3) is 0.452. The van der Waals surface area contributed by atoms with Crippen LogP contribution in [0.15, 0.2) is 42.7 Å². The van der Waals surface area contributed by atoms with Crippen molar-refractivity contribution < 1.29 is 31.4 Å². The van der Waals surface area contributed by atoms with Crippen molar-refractivity contribution in [2.24, 2.45) is 0 Å². The molecular formula is C42H39F5N8O2. The molecule has 1 N–H and O–H groups in total. The average Bonchev–Trinajstić information content (AvgIpc) is 3.90. The summed E-state index contributed by atoms with van der Waals surface area (Å²) in [4.78, 5) is 26.7. The van der Waals surface area contributed by atoms with Gasteiger partial charge in [0.25, 0.3) is 0 Å². The van der Waals surface area contributed by atoms with Crippen LogP contribution in [-0.2, 0) is 12.6 Å². The lowest BCUT2D eigenvalue weighted by Crippen LogP contribution is -2.58. The van der Waals surface area contributed by atoms with Crippen molar-refractivity contribution in [2.75, 3.05) is 31.2 Å². The van der Waals surface area contributed by atoms with Gasteiger partial charge in [0, 0.05) is 47.7 Å². The van der Waals surface area contributed by atoms with E-state index in [0.717, 1.165) is 70.3 Å². The van der Waals surface area contributed by atoms with Crippen LogP contribution in [0.1, 0.15) is 68.3 Å². The lowest BCUT2D eigenvalue weighted by atomic mass is 9.93. The lowest BCUT2D eigenvalue weighted by Gasteiger charge is -2.43. The predicted molar refractivity (Wildman–Crippen MR) is 202 cm³/mol. The Morgan fingerprint density at radius 2 is 1.86 bits per heavy atom. The summed E-state index contributed by atoms with van der Waals surface area (Å²) in [6.07, 6.45) is 9.73. The third kappa shape index (κ3) is 6.10. The number of fused-ring (bicyclic) bond motifs is 7. The maximum absolute atomic E-state index is 17.4. The van der Waals surface area contributed by atoms with E-state index in [9.17, 15) is 13.2 Å². The van der Waals surface area contributed by atoms with Crippen molar-refractivity contribution in [3.05, 3.63) is 71.3 Å². The molecule has 10 nitrogen and oxygen atoms in total. The van der Waals surface area contributed by atoms with Gasteiger partial charge in [-0.3, -0.25) is 4.90 Å². The van der Waals surface area contributed by atoms with Crippen LogP contribution in [-0.4, -0.2) is 85.8 Å². The Morgan fingerprint density at radius 3 is 2.72 bits per heavy atom. The van der Waals surface area contributed by atoms with Gasteiger partial charge in [0.15, 0.2) is 11.5 Å². The first-order valence-electron chi connectivity index (χ1n) is 19.6. The van der Waals surface area contributed by atoms with E-state index in [1.807, 2.05) is 6.07 Å². The Labute approximate surface area is 325 Å². The number of hydrogen-bond acceptors (Lipinski definition) is 10. The summed E-state index contributed by atoms with van der Waals surface area (Å²) in [5.41, 5.74) is -0.200. The smallest absolute Gasteiger partial charge is 0.433 e. The van der Waals surface area contributed by atoms with Crippen LogP contribution in [0, 0.1) is 24.0 Å². The minimum Gasteiger partial charge on any atom is -0.476 e. The number of piperazine rings is 1. The molecule has 2 bridgehead atoms. The highest BCUT2D eigenvalue weighted by Crippen LogP contribution is 2.45. The molecule has 15 heteroatoms. The Bertz CT molecular complexity index is 2460. The molecule has 57 heavy (non-hydrogen) atoms. The van der Waals surface area contributed by atoms with E-state index in [2.05, 4.69) is 31.0 Å². The number of anilines is 1. The lowest BCUT2D eigenvalue weighted by molar-refractivity contribution is -0.141. The summed E-state index contributed by atoms with van der Waals surface area (Å²) >= 11 is 0. The highest BCUT2D eigenvalue weighted by molar-refractivity contribution is 6.02. The van der Waals surface area contributed by atoms with Crippen LogP contribution in [0.2, 0.25) is 0 Å². The molecule has 3 aromatic heterocycles. The molecule has 294 valence electrons. The molecule has 0 saturated carbocycles. The first-order valence-corrected chi connectivity index (χ1v) is 19.6. The molecule has 2 aromatic carbocycles. The van der Waals surface area contributed by atoms with E-state index >= 15 is 8.78 Å². The standard InChI is InChI=1S/C42H39F5N8O2/c1-2-26-28(43)12-10-23-6-3-7-27(34(23)26)37-36(44)38-35-30(51-37)8-4-9-31-29-13-11-24(50-29)19-54(31)39(35)53-40(52-38)57-21-41-15-5-17-55(41)25(14-16-41)20-56-33-18-32(42(45,46)47)48-22-49-33/h1,3,6-7,10,12,18,22,24-25,29,31,50H,4-5,8-9,11,13-17,19-21H2/t24-,25+,29+,31-,41+/m1/s1. The van der Waals surface area contributed by atoms with Crippen molar-refractivity contribution in [1.29, 1.82) is 0 Å². The van der Waals surface area contributed by atoms with Crippen LogP contribution >= 0.6 is 0 Å². The van der Waals surface area contributed by atoms with Crippen molar-refractivity contribution >= 4 is 27.5 Å². The minimum absolute atomic E-state index is 0.0438. The van der Waals surface area contributed by atoms with E-state index in [1.54, 1.807) is 18.2 Å². The number of hydrogen-bond donors (Lipinski definition) is 1. The van der Waals surface area contributed by atoms with Crippen LogP contribution < -0.4 is 19.7 Å². The topological polar surface area (TPSA) is 101 Å². The molecule has 4 fully saturated rings. The number of benzene rings is 2. The van der Waals surface area contributed by atoms with E-state index in [4.69, 9.17) is 30.8 Å². The van der Waals surface area contributed by atoms with Gasteiger partial charge in [0.1, 0.15) is 42.4 Å². The van der Waals surface area contributed by atoms with Gasteiger partial charge in [-0.15, -0.1) is 6.42 Å². The van der Waals surface area contributed by atoms with Gasteiger partial charge in [-0.25, -0.2) is 23.7 Å². The van der Waals surface area contributed by atoms with Gasteiger partial charge in [-0.2, -0.15) is 23.1 Å². The number of aromatic nitrogens is 5. The molecule has 8 heterocycles. The quantitative estimate of drug-likeness (QED) is 0.137. The second-order valence-corrected chi connectivity index (χ2v) is 16.0. The zero-order chi connectivity index (χ0) is 39.1. The zero-order valence-corrected chi connectivity index (χ0v) is 31.0. The van der Waals surface area contributed by atoms with Gasteiger partial charge in [0.2, 0.25) is 5.88 Å². The van der Waals surface area contributed by atoms with E-state index in [0.29, 0.717) is 46.2 Å². The number of rotatable bonds is 7. The molecule has 4 saturated heterocycles. The highest BCUT2D eigenvalue weighted by atomic mass is 19.4. The van der Waals surface area contributed by atoms with Crippen molar-refractivity contribution in [3.63, 3.8) is 0 Å². The number of nitrogens with zero attached hydrogens (tertiary/aromatic N) is 7. The van der Waals surface area contributed by atoms with Crippen molar-refractivity contribution in [2.45, 2.75) is 93.7 Å². The van der Waals surface area contributed by atoms with Gasteiger partial charge >= 0.3 is 12.2 Å². The molecule has 5 atom stereocenters. The fourth-order valence-corrected chi connectivity index (χ4v) is 10.2. The molecule has 0 radical (unpaired) electrons. The molecule has 5 aliphatic heterocycles. The van der Waals surface area contributed by atoms with Gasteiger partial charge in [-0.05, 0) is 75.8 Å². The first-order chi connectivity index (χ1) is 27.6. The molecule has 0 aliphatic carbocycles. The number of alkyl halides is 3. The summed E-state index contributed by atoms with van der Waals surface area (Å²) in [6, 6.07) is 9.78. The molecular weight excluding hydrogens is 744 g/mol. The molecule has 5 aromatic rings. The predicted octanol–water partition coefficient (Wildman–Crippen LogP) is 7.01. The molecule has 0 amide bonds. The normalized spacial score (nSPS) is 25.6. The first kappa shape index (κ1) is 36.2. The van der Waals surface area contributed by atoms with E-state index in [1.165, 1.54) is 6.07 Å². The van der Waals surface area contributed by atoms with Gasteiger partial charge < -0.3 is 19.7 Å². The van der Waals surface area contributed by atoms with Crippen molar-refractivity contribution in [3.8, 4) is 35.5 Å². The third-order valence-electron chi connectivity index (χ3n) is 12.8. The number of nitrogens with one attached hydrogen (secondary N) is 1. The monoisotopic (exact) mass is 782 g/mol. The number of ether oxygens (including phenoxy) is 2. The van der Waals surface area contributed by atoms with Crippen LogP contribution in [0.25, 0.3) is 32.9 Å². The summed E-state index contributed by atoms with van der Waals surface area (Å²) in [5, 5.41) is 5.42. The van der Waals surface area contributed by atoms with Crippen LogP contribution in [0.5, 0.6) is 11.9 Å². The highest BCUT2D eigenvalue weighted by Gasteiger charge is 2.50. The zero-order valence-electron chi connectivity index (χ0n) is 31.0. The Balaban J connectivity index is 1.02. The number of terminal acetylenes is 1. The number of halogens is 5. The summed E-state index contributed by atoms with van der Waals surface area (Å²) in [7, 11) is 0. The Morgan fingerprint density at radius 1 is 0.965 bits per heavy atom. The van der Waals surface area contributed by atoms with E-state index in [-0.39, 0.29) is 71.6 Å². The molecule has 0 spiro atoms. The van der Waals surface area contributed by atoms with Gasteiger partial charge in [0.05, 0.1) is 22.2 Å². The van der Waals surface area contributed by atoms with Gasteiger partial charge in [-0.1, -0.05) is 30.2 Å². The number of pyridine rings is 1. The molecule has 5 aliphatic rings. The summed E-state index contributed by atoms with van der Waals surface area (Å²) < 4.78 is 84.6. The maximum Gasteiger partial charge on any atom is 0.433 e. The maximum atomic E-state index is 17.4. The summed E-state index contributed by atoms with van der Waals surface area (Å²) in [5.74, 6) is 1.73. The molecule has 0 unspecified atom stereocenters. The summed E-state index contributed by atoms with van der Waals surface area (Å²) in [6.45, 7) is 1.86. The van der Waals surface area contributed by atoms with Crippen LogP contribution in [0.4, 0.5) is 27.8 Å². The van der Waals surface area contributed by atoms with Crippen molar-refractivity contribution in [1.82, 2.24) is 35.1 Å². The average molecular weight is 783 g/mol. The Kier molecular flexibility index (Phi) is 8.71. The van der Waals surface area contributed by atoms with E-state index < -0.39 is 23.5 Å². The fourth-order valence-electron chi connectivity index (χ4n) is 10.2. The SMILES string of the molecule is C#Cc1c(F)ccc2cccc(-c3nc4c5c(nc(OC[C@@]67CCCN6[C@H](COc6cc(C(F)(F)F)ncn6)CC7)nc5c3F)N3C[C@H]5CC[C@H](N5)[C@H]3CCC4)c12. The minimum atomic E-state index is -4.60. The number of aryl methyl sites for hydroxylation is 1. The second kappa shape index (κ2) is 13.7. The van der Waals surface area contributed by atoms with Crippen LogP contribution in [0.3, 0.4) is 0 Å².